The van der Waals surface area contributed by atoms with Gasteiger partial charge in [-0.1, -0.05) is 6.07 Å². The Morgan fingerprint density at radius 3 is 2.47 bits per heavy atom. The molecule has 38 heavy (non-hydrogen) atoms. The Balaban J connectivity index is 0.000000505. The summed E-state index contributed by atoms with van der Waals surface area (Å²) in [6.07, 6.45) is -4.81. The number of thiophene rings is 1. The largest absolute Gasteiger partial charge is 0.508 e. The van der Waals surface area contributed by atoms with Gasteiger partial charge in [0.2, 0.25) is 5.91 Å². The van der Waals surface area contributed by atoms with Crippen molar-refractivity contribution < 1.29 is 45.8 Å². The van der Waals surface area contributed by atoms with E-state index in [1.807, 2.05) is 0 Å². The number of phenolic OH excluding ortho intramolecular Hbond substituents is 1. The molecule has 6 N–H and O–H groups in total. The van der Waals surface area contributed by atoms with Crippen molar-refractivity contribution in [1.29, 1.82) is 5.41 Å². The van der Waals surface area contributed by atoms with Crippen molar-refractivity contribution in [3.63, 3.8) is 0 Å². The molecule has 204 valence electrons. The van der Waals surface area contributed by atoms with Crippen LogP contribution in [-0.2, 0) is 26.2 Å². The number of sulfonamides is 1. The van der Waals surface area contributed by atoms with Crippen LogP contribution in [0.1, 0.15) is 17.5 Å². The number of halogens is 4. The van der Waals surface area contributed by atoms with E-state index in [0.29, 0.717) is 27.8 Å². The van der Waals surface area contributed by atoms with Crippen LogP contribution in [0, 0.1) is 11.2 Å². The number of carbonyl (C=O) groups excluding carboxylic acids is 1. The van der Waals surface area contributed by atoms with Crippen LogP contribution in [0.15, 0.2) is 46.7 Å². The Morgan fingerprint density at radius 2 is 1.87 bits per heavy atom. The van der Waals surface area contributed by atoms with E-state index in [0.717, 1.165) is 11.3 Å². The lowest BCUT2D eigenvalue weighted by Crippen LogP contribution is -2.41. The molecule has 1 aliphatic rings. The number of alkyl halides is 3. The molecule has 1 atom stereocenters. The van der Waals surface area contributed by atoms with E-state index in [4.69, 9.17) is 21.0 Å². The van der Waals surface area contributed by atoms with Gasteiger partial charge in [0, 0.05) is 28.9 Å². The third-order valence-electron chi connectivity index (χ3n) is 5.31. The quantitative estimate of drug-likeness (QED) is 0.170. The summed E-state index contributed by atoms with van der Waals surface area (Å²) < 4.78 is 73.6. The molecule has 0 aliphatic carbocycles. The average molecular weight is 577 g/mol. The molecule has 1 saturated heterocycles. The van der Waals surface area contributed by atoms with Gasteiger partial charge in [-0.2, -0.15) is 17.9 Å². The van der Waals surface area contributed by atoms with E-state index in [1.54, 1.807) is 0 Å². The lowest BCUT2D eigenvalue weighted by Gasteiger charge is -2.18. The summed E-state index contributed by atoms with van der Waals surface area (Å²) in [5.74, 6) is -3.83. The molecule has 1 amide bonds. The molecule has 1 unspecified atom stereocenters. The molecule has 16 heteroatoms. The monoisotopic (exact) mass is 576 g/mol. The van der Waals surface area contributed by atoms with Gasteiger partial charge in [0.05, 0.1) is 0 Å². The number of phenols is 1. The van der Waals surface area contributed by atoms with Gasteiger partial charge < -0.3 is 20.8 Å². The number of carbonyl (C=O) groups is 2. The van der Waals surface area contributed by atoms with Gasteiger partial charge in [0.15, 0.2) is 0 Å². The Bertz CT molecular complexity index is 1510. The molecule has 0 radical (unpaired) electrons. The van der Waals surface area contributed by atoms with Crippen molar-refractivity contribution in [3.8, 4) is 5.75 Å². The summed E-state index contributed by atoms with van der Waals surface area (Å²) >= 11 is 0.932. The highest BCUT2D eigenvalue weighted by atomic mass is 32.2. The van der Waals surface area contributed by atoms with Gasteiger partial charge >= 0.3 is 12.1 Å². The average Bonchev–Trinajstić information content (AvgIpc) is 3.39. The van der Waals surface area contributed by atoms with Gasteiger partial charge in [-0.25, -0.2) is 17.6 Å². The maximum absolute atomic E-state index is 13.4. The second-order valence-corrected chi connectivity index (χ2v) is 11.1. The molecule has 0 saturated carbocycles. The van der Waals surface area contributed by atoms with E-state index in [2.05, 4.69) is 4.72 Å². The highest BCUT2D eigenvalue weighted by Crippen LogP contribution is 2.30. The van der Waals surface area contributed by atoms with E-state index < -0.39 is 39.9 Å². The smallest absolute Gasteiger partial charge is 0.490 e. The van der Waals surface area contributed by atoms with Crippen molar-refractivity contribution in [2.75, 3.05) is 6.54 Å². The lowest BCUT2D eigenvalue weighted by atomic mass is 10.1. The topological polar surface area (TPSA) is 174 Å². The summed E-state index contributed by atoms with van der Waals surface area (Å²) in [5.41, 5.74) is 6.30. The number of rotatable bonds is 6. The number of fused-ring (bicyclic) bond motifs is 1. The molecular weight excluding hydrogens is 556 g/mol. The molecule has 2 aromatic carbocycles. The maximum atomic E-state index is 13.4. The first-order chi connectivity index (χ1) is 17.6. The predicted octanol–water partition coefficient (Wildman–Crippen LogP) is 2.74. The summed E-state index contributed by atoms with van der Waals surface area (Å²) in [7, 11) is -3.97. The van der Waals surface area contributed by atoms with Gasteiger partial charge in [-0.3, -0.25) is 10.2 Å². The number of aliphatic carboxylic acids is 1. The number of amides is 1. The number of nitrogens with one attached hydrogen (secondary N) is 2. The number of hydrogen-bond acceptors (Lipinski definition) is 7. The Kier molecular flexibility index (Phi) is 8.28. The van der Waals surface area contributed by atoms with Crippen LogP contribution in [-0.4, -0.2) is 60.0 Å². The fraction of sp³-hybridized carbons (Fsp3) is 0.227. The molecular formula is C22H20F4N4O6S2. The molecule has 3 aromatic rings. The van der Waals surface area contributed by atoms with Gasteiger partial charge in [-0.05, 0) is 48.2 Å². The van der Waals surface area contributed by atoms with Gasteiger partial charge in [0.25, 0.3) is 10.0 Å². The molecule has 0 bridgehead atoms. The van der Waals surface area contributed by atoms with Crippen molar-refractivity contribution >= 4 is 49.2 Å². The minimum absolute atomic E-state index is 0.00570. The first-order valence-corrected chi connectivity index (χ1v) is 12.8. The number of hydrogen-bond donors (Lipinski definition) is 5. The Hall–Kier alpha value is -3.76. The third-order valence-corrected chi connectivity index (χ3v) is 8.36. The van der Waals surface area contributed by atoms with Crippen LogP contribution in [0.3, 0.4) is 0 Å². The highest BCUT2D eigenvalue weighted by Gasteiger charge is 2.38. The van der Waals surface area contributed by atoms with E-state index in [9.17, 15) is 35.9 Å². The van der Waals surface area contributed by atoms with Crippen LogP contribution in [0.5, 0.6) is 5.75 Å². The van der Waals surface area contributed by atoms with Crippen LogP contribution < -0.4 is 10.5 Å². The number of amidine groups is 1. The lowest BCUT2D eigenvalue weighted by molar-refractivity contribution is -0.192. The predicted molar refractivity (Wildman–Crippen MR) is 129 cm³/mol. The number of aromatic hydroxyl groups is 1. The minimum Gasteiger partial charge on any atom is -0.508 e. The fourth-order valence-corrected chi connectivity index (χ4v) is 6.11. The zero-order valence-corrected chi connectivity index (χ0v) is 20.8. The number of likely N-dealkylation sites (tertiary alicyclic amines) is 1. The zero-order valence-electron chi connectivity index (χ0n) is 19.1. The molecule has 4 rings (SSSR count). The first-order valence-electron chi connectivity index (χ1n) is 10.5. The van der Waals surface area contributed by atoms with Gasteiger partial charge in [-0.15, -0.1) is 11.3 Å². The number of nitrogens with two attached hydrogens (primary N) is 1. The summed E-state index contributed by atoms with van der Waals surface area (Å²) in [5, 5.41) is 25.3. The first kappa shape index (κ1) is 28.8. The Labute approximate surface area is 216 Å². The van der Waals surface area contributed by atoms with Crippen LogP contribution in [0.4, 0.5) is 17.6 Å². The summed E-state index contributed by atoms with van der Waals surface area (Å²) in [6, 6.07) is 8.97. The van der Waals surface area contributed by atoms with Crippen molar-refractivity contribution in [2.45, 2.75) is 29.4 Å². The third kappa shape index (κ3) is 6.76. The van der Waals surface area contributed by atoms with Crippen LogP contribution in [0.2, 0.25) is 0 Å². The second-order valence-electron chi connectivity index (χ2n) is 8.03. The van der Waals surface area contributed by atoms with Gasteiger partial charge in [0.1, 0.15) is 27.7 Å². The molecule has 10 nitrogen and oxygen atoms in total. The van der Waals surface area contributed by atoms with E-state index >= 15 is 0 Å². The number of nitrogens with zero attached hydrogens (tertiary/aromatic N) is 1. The fourth-order valence-electron chi connectivity index (χ4n) is 3.45. The number of carboxylic acids is 1. The van der Waals surface area contributed by atoms with Crippen molar-refractivity contribution in [1.82, 2.24) is 9.62 Å². The molecule has 1 aromatic heterocycles. The SMILES string of the molecule is N=C(N)c1ccc(O)c(CN2CCC(NS(=O)(=O)c3cc4ccc(F)cc4s3)C2=O)c1.O=C(O)C(F)(F)F. The molecule has 2 heterocycles. The van der Waals surface area contributed by atoms with Crippen molar-refractivity contribution in [3.05, 3.63) is 59.4 Å². The highest BCUT2D eigenvalue weighted by molar-refractivity contribution is 7.91. The van der Waals surface area contributed by atoms with Crippen LogP contribution in [0.25, 0.3) is 10.1 Å². The van der Waals surface area contributed by atoms with Crippen LogP contribution >= 0.6 is 11.3 Å². The maximum Gasteiger partial charge on any atom is 0.490 e. The number of benzene rings is 2. The number of nitrogen functional groups attached to an aromatic ring is 1. The zero-order chi connectivity index (χ0) is 28.4. The molecule has 1 fully saturated rings. The second kappa shape index (κ2) is 10.9. The van der Waals surface area contributed by atoms with E-state index in [1.165, 1.54) is 47.4 Å². The normalized spacial score (nSPS) is 15.8. The molecule has 0 spiro atoms. The standard InChI is InChI=1S/C20H19FN4O4S2.C2HF3O2/c21-14-3-1-11-8-18(30-17(11)9-14)31(28,29)24-15-5-6-25(20(15)27)10-13-7-12(19(22)23)2-4-16(13)26;3-2(4,5)1(6)7/h1-4,7-9,15,24,26H,5-6,10H2,(H3,22,23);(H,6,7). The Morgan fingerprint density at radius 1 is 1.21 bits per heavy atom. The summed E-state index contributed by atoms with van der Waals surface area (Å²) in [6.45, 7) is 0.361. The van der Waals surface area contributed by atoms with E-state index in [-0.39, 0.29) is 28.8 Å². The summed E-state index contributed by atoms with van der Waals surface area (Å²) in [4.78, 5) is 23.1. The minimum atomic E-state index is -5.08. The molecule has 1 aliphatic heterocycles. The van der Waals surface area contributed by atoms with Crippen molar-refractivity contribution in [2.24, 2.45) is 5.73 Å². The number of carboxylic acid groups (broad SMARTS) is 1.